The van der Waals surface area contributed by atoms with E-state index < -0.39 is 0 Å². The molecule has 1 saturated carbocycles. The van der Waals surface area contributed by atoms with Crippen LogP contribution in [-0.4, -0.2) is 18.1 Å². The van der Waals surface area contributed by atoms with E-state index in [9.17, 15) is 0 Å². The minimum atomic E-state index is 0.217. The Morgan fingerprint density at radius 1 is 1.24 bits per heavy atom. The highest BCUT2D eigenvalue weighted by molar-refractivity contribution is 5.15. The first-order valence-electron chi connectivity index (χ1n) is 6.72. The molecule has 1 unspecified atom stereocenters. The van der Waals surface area contributed by atoms with Crippen molar-refractivity contribution in [2.45, 2.75) is 50.6 Å². The molecule has 2 heteroatoms. The van der Waals surface area contributed by atoms with Crippen molar-refractivity contribution in [1.29, 1.82) is 0 Å². The average Bonchev–Trinajstić information content (AvgIpc) is 2.76. The highest BCUT2D eigenvalue weighted by Crippen LogP contribution is 2.28. The fourth-order valence-electron chi connectivity index (χ4n) is 2.70. The Morgan fingerprint density at radius 2 is 1.88 bits per heavy atom. The molecular weight excluding hydrogens is 208 g/mol. The minimum Gasteiger partial charge on any atom is -0.326 e. The van der Waals surface area contributed by atoms with E-state index in [0.29, 0.717) is 5.54 Å². The van der Waals surface area contributed by atoms with Crippen molar-refractivity contribution in [3.05, 3.63) is 35.9 Å². The van der Waals surface area contributed by atoms with Gasteiger partial charge in [-0.3, -0.25) is 0 Å². The number of hydrogen-bond acceptors (Lipinski definition) is 2. The molecule has 0 heterocycles. The molecule has 0 aromatic heterocycles. The molecule has 0 amide bonds. The summed E-state index contributed by atoms with van der Waals surface area (Å²) in [5, 5.41) is 3.65. The number of rotatable bonds is 5. The summed E-state index contributed by atoms with van der Waals surface area (Å²) in [6, 6.07) is 10.7. The monoisotopic (exact) mass is 232 g/mol. The highest BCUT2D eigenvalue weighted by atomic mass is 15.0. The van der Waals surface area contributed by atoms with E-state index in [-0.39, 0.29) is 6.04 Å². The van der Waals surface area contributed by atoms with E-state index in [1.807, 2.05) is 6.07 Å². The van der Waals surface area contributed by atoms with Crippen molar-refractivity contribution in [1.82, 2.24) is 5.32 Å². The van der Waals surface area contributed by atoms with E-state index in [1.165, 1.54) is 31.2 Å². The fraction of sp³-hybridized carbons (Fsp3) is 0.600. The molecular formula is C15H24N2. The molecule has 0 aliphatic heterocycles. The van der Waals surface area contributed by atoms with Gasteiger partial charge in [-0.15, -0.1) is 0 Å². The molecule has 3 N–H and O–H groups in total. The molecule has 0 saturated heterocycles. The standard InChI is InChI=1S/C15H24N2/c1-15(9-5-6-10-15)17-12-14(16)11-13-7-3-2-4-8-13/h2-4,7-8,14,17H,5-6,9-12,16H2,1H3. The zero-order chi connectivity index (χ0) is 12.1. The lowest BCUT2D eigenvalue weighted by Gasteiger charge is -2.27. The number of nitrogens with two attached hydrogens (primary N) is 1. The van der Waals surface area contributed by atoms with E-state index in [1.54, 1.807) is 0 Å². The summed E-state index contributed by atoms with van der Waals surface area (Å²) in [6.07, 6.45) is 6.27. The van der Waals surface area contributed by atoms with Crippen LogP contribution in [0.15, 0.2) is 30.3 Å². The van der Waals surface area contributed by atoms with Crippen LogP contribution in [0.4, 0.5) is 0 Å². The third-order valence-corrected chi connectivity index (χ3v) is 3.84. The Balaban J connectivity index is 1.76. The second-order valence-electron chi connectivity index (χ2n) is 5.60. The van der Waals surface area contributed by atoms with Crippen LogP contribution < -0.4 is 11.1 Å². The van der Waals surface area contributed by atoms with Gasteiger partial charge in [0.1, 0.15) is 0 Å². The topological polar surface area (TPSA) is 38.0 Å². The van der Waals surface area contributed by atoms with Crippen LogP contribution in [0.25, 0.3) is 0 Å². The highest BCUT2D eigenvalue weighted by Gasteiger charge is 2.27. The first-order chi connectivity index (χ1) is 8.18. The molecule has 1 aliphatic rings. The maximum atomic E-state index is 6.18. The second kappa shape index (κ2) is 5.65. The summed E-state index contributed by atoms with van der Waals surface area (Å²) < 4.78 is 0. The van der Waals surface area contributed by atoms with Gasteiger partial charge in [0.15, 0.2) is 0 Å². The SMILES string of the molecule is CC1(NCC(N)Cc2ccccc2)CCCC1. The predicted molar refractivity (Wildman–Crippen MR) is 73.0 cm³/mol. The van der Waals surface area contributed by atoms with Crippen molar-refractivity contribution >= 4 is 0 Å². The summed E-state index contributed by atoms with van der Waals surface area (Å²) in [5.41, 5.74) is 7.85. The van der Waals surface area contributed by atoms with Gasteiger partial charge in [0.2, 0.25) is 0 Å². The van der Waals surface area contributed by atoms with Crippen LogP contribution in [0, 0.1) is 0 Å². The van der Waals surface area contributed by atoms with Gasteiger partial charge in [-0.05, 0) is 31.7 Å². The lowest BCUT2D eigenvalue weighted by atomic mass is 9.99. The van der Waals surface area contributed by atoms with Crippen LogP contribution in [0.2, 0.25) is 0 Å². The molecule has 2 nitrogen and oxygen atoms in total. The summed E-state index contributed by atoms with van der Waals surface area (Å²) in [7, 11) is 0. The zero-order valence-corrected chi connectivity index (χ0v) is 10.8. The normalized spacial score (nSPS) is 20.4. The zero-order valence-electron chi connectivity index (χ0n) is 10.8. The Kier molecular flexibility index (Phi) is 4.19. The van der Waals surface area contributed by atoms with Crippen LogP contribution in [0.3, 0.4) is 0 Å². The van der Waals surface area contributed by atoms with Crippen molar-refractivity contribution < 1.29 is 0 Å². The molecule has 1 fully saturated rings. The first-order valence-corrected chi connectivity index (χ1v) is 6.72. The Hall–Kier alpha value is -0.860. The summed E-state index contributed by atoms with van der Waals surface area (Å²) in [5.74, 6) is 0. The van der Waals surface area contributed by atoms with E-state index >= 15 is 0 Å². The van der Waals surface area contributed by atoms with Crippen molar-refractivity contribution in [3.8, 4) is 0 Å². The van der Waals surface area contributed by atoms with Gasteiger partial charge in [-0.1, -0.05) is 43.2 Å². The molecule has 0 spiro atoms. The van der Waals surface area contributed by atoms with E-state index in [4.69, 9.17) is 5.73 Å². The fourth-order valence-corrected chi connectivity index (χ4v) is 2.70. The van der Waals surface area contributed by atoms with Gasteiger partial charge < -0.3 is 11.1 Å². The molecule has 1 aromatic rings. The van der Waals surface area contributed by atoms with Crippen LogP contribution in [-0.2, 0) is 6.42 Å². The lowest BCUT2D eigenvalue weighted by molar-refractivity contribution is 0.351. The molecule has 17 heavy (non-hydrogen) atoms. The van der Waals surface area contributed by atoms with E-state index in [2.05, 4.69) is 36.5 Å². The molecule has 2 rings (SSSR count). The second-order valence-corrected chi connectivity index (χ2v) is 5.60. The lowest BCUT2D eigenvalue weighted by Crippen LogP contribution is -2.46. The minimum absolute atomic E-state index is 0.217. The van der Waals surface area contributed by atoms with Gasteiger partial charge in [0.05, 0.1) is 0 Å². The van der Waals surface area contributed by atoms with E-state index in [0.717, 1.165) is 13.0 Å². The van der Waals surface area contributed by atoms with Crippen molar-refractivity contribution in [2.75, 3.05) is 6.54 Å². The summed E-state index contributed by atoms with van der Waals surface area (Å²) >= 11 is 0. The third-order valence-electron chi connectivity index (χ3n) is 3.84. The van der Waals surface area contributed by atoms with Crippen LogP contribution >= 0.6 is 0 Å². The quantitative estimate of drug-likeness (QED) is 0.818. The molecule has 0 radical (unpaired) electrons. The van der Waals surface area contributed by atoms with Gasteiger partial charge in [-0.25, -0.2) is 0 Å². The van der Waals surface area contributed by atoms with Gasteiger partial charge >= 0.3 is 0 Å². The average molecular weight is 232 g/mol. The largest absolute Gasteiger partial charge is 0.326 e. The molecule has 1 atom stereocenters. The Morgan fingerprint density at radius 3 is 2.53 bits per heavy atom. The van der Waals surface area contributed by atoms with Crippen molar-refractivity contribution in [2.24, 2.45) is 5.73 Å². The van der Waals surface area contributed by atoms with Crippen LogP contribution in [0.1, 0.15) is 38.2 Å². The third kappa shape index (κ3) is 3.83. The number of nitrogens with one attached hydrogen (secondary N) is 1. The first kappa shape index (κ1) is 12.6. The maximum Gasteiger partial charge on any atom is 0.0206 e. The number of benzene rings is 1. The van der Waals surface area contributed by atoms with Gasteiger partial charge in [-0.2, -0.15) is 0 Å². The predicted octanol–water partition coefficient (Wildman–Crippen LogP) is 2.48. The molecule has 1 aromatic carbocycles. The molecule has 1 aliphatic carbocycles. The summed E-state index contributed by atoms with van der Waals surface area (Å²) in [4.78, 5) is 0. The summed E-state index contributed by atoms with van der Waals surface area (Å²) in [6.45, 7) is 3.25. The Labute approximate surface area is 105 Å². The number of hydrogen-bond donors (Lipinski definition) is 2. The smallest absolute Gasteiger partial charge is 0.0206 e. The molecule has 0 bridgehead atoms. The van der Waals surface area contributed by atoms with Gasteiger partial charge in [0.25, 0.3) is 0 Å². The maximum absolute atomic E-state index is 6.18. The van der Waals surface area contributed by atoms with Crippen molar-refractivity contribution in [3.63, 3.8) is 0 Å². The Bertz CT molecular complexity index is 328. The van der Waals surface area contributed by atoms with Gasteiger partial charge in [0, 0.05) is 18.1 Å². The molecule has 94 valence electrons. The van der Waals surface area contributed by atoms with Crippen LogP contribution in [0.5, 0.6) is 0 Å².